The monoisotopic (exact) mass is 410 g/mol. The summed E-state index contributed by atoms with van der Waals surface area (Å²) in [6, 6.07) is 17.4. The molecule has 0 radical (unpaired) electrons. The number of likely N-dealkylation sites (N-methyl/N-ethyl adjacent to an activating group) is 1. The van der Waals surface area contributed by atoms with E-state index in [9.17, 15) is 14.9 Å². The molecule has 0 saturated carbocycles. The fourth-order valence-corrected chi connectivity index (χ4v) is 5.22. The number of benzene rings is 2. The number of nitriles is 1. The van der Waals surface area contributed by atoms with Crippen LogP contribution in [0.15, 0.2) is 71.2 Å². The zero-order valence-corrected chi connectivity index (χ0v) is 17.5. The van der Waals surface area contributed by atoms with E-state index in [1.54, 1.807) is 11.9 Å². The smallest absolute Gasteiger partial charge is 0.247 e. The topological polar surface area (TPSA) is 90.4 Å². The number of hydrogen-bond donors (Lipinski definition) is 1. The molecule has 2 N–H and O–H groups in total. The lowest BCUT2D eigenvalue weighted by Crippen LogP contribution is -2.52. The van der Waals surface area contributed by atoms with Gasteiger partial charge < -0.3 is 10.6 Å². The molecule has 1 spiro atoms. The minimum atomic E-state index is -1.49. The molecule has 154 valence electrons. The summed E-state index contributed by atoms with van der Waals surface area (Å²) < 4.78 is 0. The number of amides is 1. The number of hydrogen-bond acceptors (Lipinski definition) is 5. The third kappa shape index (κ3) is 2.32. The van der Waals surface area contributed by atoms with E-state index in [4.69, 9.17) is 5.73 Å². The van der Waals surface area contributed by atoms with Crippen LogP contribution in [0, 0.1) is 18.3 Å². The van der Waals surface area contributed by atoms with Crippen molar-refractivity contribution in [1.29, 1.82) is 5.26 Å². The number of Topliss-reactive ketones (excluding diaryl/α,β-unsaturated/α-hetero) is 1. The van der Waals surface area contributed by atoms with Gasteiger partial charge in [-0.3, -0.25) is 14.5 Å². The Balaban J connectivity index is 1.89. The first-order valence-electron chi connectivity index (χ1n) is 10.3. The Morgan fingerprint density at radius 1 is 1.06 bits per heavy atom. The van der Waals surface area contributed by atoms with E-state index in [1.165, 1.54) is 4.90 Å². The number of carbonyl (C=O) groups is 2. The third-order valence-corrected chi connectivity index (χ3v) is 6.60. The Hall–Kier alpha value is -3.85. The van der Waals surface area contributed by atoms with E-state index in [2.05, 4.69) is 6.07 Å². The highest BCUT2D eigenvalue weighted by molar-refractivity contribution is 6.20. The molecule has 0 saturated heterocycles. The molecule has 31 heavy (non-hydrogen) atoms. The van der Waals surface area contributed by atoms with Crippen LogP contribution in [0.3, 0.4) is 0 Å². The van der Waals surface area contributed by atoms with Crippen molar-refractivity contribution in [1.82, 2.24) is 0 Å². The van der Waals surface area contributed by atoms with Crippen molar-refractivity contribution in [3.05, 3.63) is 82.3 Å². The number of rotatable bonds is 1. The second kappa shape index (κ2) is 6.58. The van der Waals surface area contributed by atoms with E-state index in [0.717, 1.165) is 16.9 Å². The van der Waals surface area contributed by atoms with E-state index >= 15 is 0 Å². The zero-order chi connectivity index (χ0) is 21.9. The van der Waals surface area contributed by atoms with Gasteiger partial charge in [0.15, 0.2) is 5.78 Å². The van der Waals surface area contributed by atoms with Crippen molar-refractivity contribution < 1.29 is 9.59 Å². The number of nitrogens with two attached hydrogens (primary N) is 1. The first-order valence-corrected chi connectivity index (χ1v) is 10.3. The molecule has 0 fully saturated rings. The van der Waals surface area contributed by atoms with Crippen LogP contribution in [0.25, 0.3) is 0 Å². The van der Waals surface area contributed by atoms with Crippen molar-refractivity contribution in [3.8, 4) is 6.07 Å². The lowest BCUT2D eigenvalue weighted by molar-refractivity contribution is -0.124. The molecule has 0 unspecified atom stereocenters. The maximum Gasteiger partial charge on any atom is 0.247 e. The highest BCUT2D eigenvalue weighted by Gasteiger charge is 2.61. The minimum Gasteiger partial charge on any atom is -0.384 e. The van der Waals surface area contributed by atoms with Gasteiger partial charge in [0.2, 0.25) is 5.91 Å². The lowest BCUT2D eigenvalue weighted by Gasteiger charge is -2.43. The maximum absolute atomic E-state index is 13.8. The lowest BCUT2D eigenvalue weighted by atomic mass is 9.64. The third-order valence-electron chi connectivity index (χ3n) is 6.60. The van der Waals surface area contributed by atoms with Crippen molar-refractivity contribution in [2.45, 2.75) is 31.6 Å². The molecule has 5 rings (SSSR count). The van der Waals surface area contributed by atoms with Crippen LogP contribution in [0.5, 0.6) is 0 Å². The molecule has 2 heterocycles. The molecule has 0 aromatic heterocycles. The van der Waals surface area contributed by atoms with Crippen molar-refractivity contribution in [3.63, 3.8) is 0 Å². The molecule has 0 bridgehead atoms. The second-order valence-electron chi connectivity index (χ2n) is 8.27. The average Bonchev–Trinajstić information content (AvgIpc) is 2.98. The van der Waals surface area contributed by atoms with Crippen LogP contribution in [0.1, 0.15) is 30.4 Å². The van der Waals surface area contributed by atoms with Gasteiger partial charge in [-0.25, -0.2) is 0 Å². The Kier molecular flexibility index (Phi) is 4.06. The predicted octanol–water partition coefficient (Wildman–Crippen LogP) is 3.43. The molecular weight excluding hydrogens is 388 g/mol. The van der Waals surface area contributed by atoms with Crippen LogP contribution >= 0.6 is 0 Å². The normalized spacial score (nSPS) is 22.7. The molecule has 1 aliphatic carbocycles. The molecular formula is C25H22N4O2. The van der Waals surface area contributed by atoms with E-state index in [0.29, 0.717) is 36.1 Å². The summed E-state index contributed by atoms with van der Waals surface area (Å²) in [5.41, 5.74) is 9.60. The largest absolute Gasteiger partial charge is 0.384 e. The van der Waals surface area contributed by atoms with Gasteiger partial charge in [0.05, 0.1) is 5.57 Å². The van der Waals surface area contributed by atoms with Gasteiger partial charge in [-0.1, -0.05) is 35.9 Å². The number of para-hydroxylation sites is 1. The van der Waals surface area contributed by atoms with E-state index in [-0.39, 0.29) is 23.1 Å². The number of carbonyl (C=O) groups excluding carboxylic acids is 2. The fourth-order valence-electron chi connectivity index (χ4n) is 5.22. The Bertz CT molecular complexity index is 1250. The average molecular weight is 410 g/mol. The van der Waals surface area contributed by atoms with Gasteiger partial charge in [0.1, 0.15) is 17.3 Å². The summed E-state index contributed by atoms with van der Waals surface area (Å²) in [4.78, 5) is 30.6. The van der Waals surface area contributed by atoms with Crippen molar-refractivity contribution in [2.24, 2.45) is 5.73 Å². The molecule has 6 nitrogen and oxygen atoms in total. The summed E-state index contributed by atoms with van der Waals surface area (Å²) in [7, 11) is 1.68. The zero-order valence-electron chi connectivity index (χ0n) is 17.5. The molecule has 1 atom stereocenters. The summed E-state index contributed by atoms with van der Waals surface area (Å²) in [5, 5.41) is 10.3. The first-order chi connectivity index (χ1) is 14.9. The quantitative estimate of drug-likeness (QED) is 0.778. The molecule has 1 amide bonds. The van der Waals surface area contributed by atoms with Gasteiger partial charge in [0.25, 0.3) is 0 Å². The van der Waals surface area contributed by atoms with E-state index in [1.807, 2.05) is 55.5 Å². The highest BCUT2D eigenvalue weighted by atomic mass is 16.2. The Labute approximate surface area is 180 Å². The van der Waals surface area contributed by atoms with Crippen molar-refractivity contribution >= 4 is 23.1 Å². The molecule has 2 aliphatic heterocycles. The summed E-state index contributed by atoms with van der Waals surface area (Å²) in [6.45, 7) is 1.99. The second-order valence-corrected chi connectivity index (χ2v) is 8.27. The van der Waals surface area contributed by atoms with Gasteiger partial charge in [0, 0.05) is 41.7 Å². The van der Waals surface area contributed by atoms with Gasteiger partial charge >= 0.3 is 0 Å². The van der Waals surface area contributed by atoms with Gasteiger partial charge in [-0.05, 0) is 38.0 Å². The minimum absolute atomic E-state index is 0.0999. The number of nitrogens with zero attached hydrogens (tertiary/aromatic N) is 3. The fraction of sp³-hybridized carbons (Fsp3) is 0.240. The van der Waals surface area contributed by atoms with Crippen LogP contribution in [-0.4, -0.2) is 18.7 Å². The van der Waals surface area contributed by atoms with Gasteiger partial charge in [-0.2, -0.15) is 5.26 Å². The van der Waals surface area contributed by atoms with Crippen LogP contribution < -0.4 is 15.5 Å². The molecule has 2 aromatic rings. The van der Waals surface area contributed by atoms with Crippen molar-refractivity contribution in [2.75, 3.05) is 16.8 Å². The molecule has 3 aliphatic rings. The standard InChI is InChI=1S/C25H22N4O2/c1-15-10-12-16(13-11-15)29-20-8-5-9-21(30)22(20)25(18(14-26)23(29)27)17-6-3-4-7-19(17)28(2)24(25)31/h3-4,6-7,10-13H,5,8-9,27H2,1-2H3/t25-/m1/s1. The SMILES string of the molecule is Cc1ccc(N2C(N)=C(C#N)[C@@]3(C(=O)N(C)c4ccccc43)C3=C2CCCC3=O)cc1. The summed E-state index contributed by atoms with van der Waals surface area (Å²) in [5.74, 6) is -0.199. The Morgan fingerprint density at radius 3 is 2.48 bits per heavy atom. The number of anilines is 2. The van der Waals surface area contributed by atoms with Crippen LogP contribution in [0.4, 0.5) is 11.4 Å². The first kappa shape index (κ1) is 19.1. The number of aryl methyl sites for hydroxylation is 1. The summed E-state index contributed by atoms with van der Waals surface area (Å²) in [6.07, 6.45) is 1.63. The molecule has 2 aromatic carbocycles. The number of ketones is 1. The van der Waals surface area contributed by atoms with Crippen LogP contribution in [-0.2, 0) is 15.0 Å². The maximum atomic E-state index is 13.8. The highest BCUT2D eigenvalue weighted by Crippen LogP contribution is 2.56. The predicted molar refractivity (Wildman–Crippen MR) is 118 cm³/mol. The molecule has 6 heteroatoms. The van der Waals surface area contributed by atoms with Crippen LogP contribution in [0.2, 0.25) is 0 Å². The van der Waals surface area contributed by atoms with Gasteiger partial charge in [-0.15, -0.1) is 0 Å². The Morgan fingerprint density at radius 2 is 1.77 bits per heavy atom. The van der Waals surface area contributed by atoms with E-state index < -0.39 is 5.41 Å². The number of allylic oxidation sites excluding steroid dienone is 1. The summed E-state index contributed by atoms with van der Waals surface area (Å²) >= 11 is 0. The number of fused-ring (bicyclic) bond motifs is 3.